The fourth-order valence-corrected chi connectivity index (χ4v) is 2.71. The number of aliphatic hydroxyl groups is 1. The van der Waals surface area contributed by atoms with Crippen molar-refractivity contribution < 1.29 is 23.4 Å². The van der Waals surface area contributed by atoms with E-state index in [1.54, 1.807) is 12.1 Å². The third-order valence-electron chi connectivity index (χ3n) is 4.02. The Kier molecular flexibility index (Phi) is 4.33. The van der Waals surface area contributed by atoms with Crippen LogP contribution in [0.2, 0.25) is 0 Å². The Morgan fingerprint density at radius 3 is 2.59 bits per heavy atom. The highest BCUT2D eigenvalue weighted by Crippen LogP contribution is 2.42. The van der Waals surface area contributed by atoms with Crippen LogP contribution in [0.4, 0.5) is 14.6 Å². The number of benzene rings is 2. The summed E-state index contributed by atoms with van der Waals surface area (Å²) in [6, 6.07) is 15.3. The number of nitrogens with zero attached hydrogens (tertiary/aromatic N) is 2. The van der Waals surface area contributed by atoms with Crippen molar-refractivity contribution >= 4 is 5.82 Å². The van der Waals surface area contributed by atoms with Gasteiger partial charge in [-0.25, -0.2) is 9.97 Å². The molecule has 0 fully saturated rings. The lowest BCUT2D eigenvalue weighted by Gasteiger charge is -2.13. The second-order valence-electron chi connectivity index (χ2n) is 5.92. The monoisotopic (exact) mass is 371 g/mol. The minimum absolute atomic E-state index is 0.0258. The molecule has 27 heavy (non-hydrogen) atoms. The quantitative estimate of drug-likeness (QED) is 0.714. The van der Waals surface area contributed by atoms with E-state index in [1.165, 1.54) is 18.5 Å². The highest BCUT2D eigenvalue weighted by Gasteiger charge is 2.43. The summed E-state index contributed by atoms with van der Waals surface area (Å²) in [4.78, 5) is 8.28. The van der Waals surface area contributed by atoms with Crippen LogP contribution in [0.5, 0.6) is 11.5 Å². The summed E-state index contributed by atoms with van der Waals surface area (Å²) in [7, 11) is 0. The van der Waals surface area contributed by atoms with Crippen LogP contribution >= 0.6 is 0 Å². The average Bonchev–Trinajstić information content (AvgIpc) is 3.00. The third-order valence-corrected chi connectivity index (χ3v) is 4.02. The standard InChI is InChI=1S/C19H15F2N3O3/c20-19(21)26-16-7-6-13(8-17(16)27-19)14-9-18(24-11-23-14)22-10-15(25)12-4-2-1-3-5-12/h1-9,11,15,25H,10H2,(H,22,23,24). The van der Waals surface area contributed by atoms with Gasteiger partial charge in [0.1, 0.15) is 12.1 Å². The first-order chi connectivity index (χ1) is 13.0. The summed E-state index contributed by atoms with van der Waals surface area (Å²) in [6.07, 6.45) is -3.00. The van der Waals surface area contributed by atoms with E-state index in [1.807, 2.05) is 30.3 Å². The maximum Gasteiger partial charge on any atom is 0.586 e. The maximum atomic E-state index is 13.1. The smallest absolute Gasteiger partial charge is 0.395 e. The van der Waals surface area contributed by atoms with E-state index in [4.69, 9.17) is 0 Å². The summed E-state index contributed by atoms with van der Waals surface area (Å²) in [6.45, 7) is 0.258. The summed E-state index contributed by atoms with van der Waals surface area (Å²) in [5, 5.41) is 13.3. The molecular weight excluding hydrogens is 356 g/mol. The molecule has 1 aliphatic rings. The van der Waals surface area contributed by atoms with Crippen molar-refractivity contribution in [3.05, 3.63) is 66.5 Å². The van der Waals surface area contributed by atoms with Crippen molar-refractivity contribution in [2.45, 2.75) is 12.4 Å². The lowest BCUT2D eigenvalue weighted by molar-refractivity contribution is -0.286. The molecule has 6 nitrogen and oxygen atoms in total. The number of aliphatic hydroxyl groups excluding tert-OH is 1. The molecule has 4 rings (SSSR count). The van der Waals surface area contributed by atoms with Crippen LogP contribution in [0, 0.1) is 0 Å². The Morgan fingerprint density at radius 2 is 1.78 bits per heavy atom. The zero-order chi connectivity index (χ0) is 18.9. The molecule has 0 amide bonds. The van der Waals surface area contributed by atoms with E-state index in [-0.39, 0.29) is 18.0 Å². The van der Waals surface area contributed by atoms with E-state index in [9.17, 15) is 13.9 Å². The molecule has 0 bridgehead atoms. The van der Waals surface area contributed by atoms with Gasteiger partial charge in [0.15, 0.2) is 11.5 Å². The second kappa shape index (κ2) is 6.81. The predicted molar refractivity (Wildman–Crippen MR) is 93.6 cm³/mol. The van der Waals surface area contributed by atoms with Gasteiger partial charge in [-0.2, -0.15) is 0 Å². The Bertz CT molecular complexity index is 954. The van der Waals surface area contributed by atoms with Gasteiger partial charge in [-0.15, -0.1) is 8.78 Å². The van der Waals surface area contributed by atoms with E-state index in [0.717, 1.165) is 5.56 Å². The van der Waals surface area contributed by atoms with Crippen LogP contribution in [-0.4, -0.2) is 27.9 Å². The number of fused-ring (bicyclic) bond motifs is 1. The molecule has 3 aromatic rings. The first-order valence-electron chi connectivity index (χ1n) is 8.19. The highest BCUT2D eigenvalue weighted by atomic mass is 19.3. The average molecular weight is 371 g/mol. The number of nitrogens with one attached hydrogen (secondary N) is 1. The number of hydrogen-bond acceptors (Lipinski definition) is 6. The molecule has 2 aromatic carbocycles. The van der Waals surface area contributed by atoms with Crippen molar-refractivity contribution in [2.75, 3.05) is 11.9 Å². The molecule has 2 heterocycles. The third kappa shape index (κ3) is 3.80. The molecule has 138 valence electrons. The summed E-state index contributed by atoms with van der Waals surface area (Å²) in [5.74, 6) is 0.422. The molecule has 1 unspecified atom stereocenters. The summed E-state index contributed by atoms with van der Waals surface area (Å²) >= 11 is 0. The van der Waals surface area contributed by atoms with Gasteiger partial charge in [-0.3, -0.25) is 0 Å². The van der Waals surface area contributed by atoms with Gasteiger partial charge < -0.3 is 19.9 Å². The molecule has 0 spiro atoms. The summed E-state index contributed by atoms with van der Waals surface area (Å²) in [5.41, 5.74) is 1.88. The van der Waals surface area contributed by atoms with Crippen LogP contribution < -0.4 is 14.8 Å². The number of alkyl halides is 2. The zero-order valence-electron chi connectivity index (χ0n) is 14.0. The van der Waals surface area contributed by atoms with Gasteiger partial charge in [-0.05, 0) is 23.8 Å². The lowest BCUT2D eigenvalue weighted by Crippen LogP contribution is -2.25. The van der Waals surface area contributed by atoms with Crippen LogP contribution in [0.1, 0.15) is 11.7 Å². The number of rotatable bonds is 5. The highest BCUT2D eigenvalue weighted by molar-refractivity contribution is 5.66. The molecule has 0 aliphatic carbocycles. The minimum Gasteiger partial charge on any atom is -0.395 e. The summed E-state index contributed by atoms with van der Waals surface area (Å²) < 4.78 is 35.1. The van der Waals surface area contributed by atoms with Crippen LogP contribution in [0.15, 0.2) is 60.9 Å². The van der Waals surface area contributed by atoms with Crippen LogP contribution in [0.25, 0.3) is 11.3 Å². The number of anilines is 1. The van der Waals surface area contributed by atoms with Gasteiger partial charge >= 0.3 is 6.29 Å². The molecule has 0 saturated heterocycles. The van der Waals surface area contributed by atoms with Crippen molar-refractivity contribution in [1.29, 1.82) is 0 Å². The van der Waals surface area contributed by atoms with Crippen molar-refractivity contribution in [2.24, 2.45) is 0 Å². The normalized spacial score (nSPS) is 15.4. The fourth-order valence-electron chi connectivity index (χ4n) is 2.71. The van der Waals surface area contributed by atoms with E-state index in [0.29, 0.717) is 17.1 Å². The second-order valence-corrected chi connectivity index (χ2v) is 5.92. The zero-order valence-corrected chi connectivity index (χ0v) is 14.0. The molecule has 1 aliphatic heterocycles. The number of aromatic nitrogens is 2. The largest absolute Gasteiger partial charge is 0.586 e. The van der Waals surface area contributed by atoms with Gasteiger partial charge in [0, 0.05) is 18.2 Å². The molecule has 0 radical (unpaired) electrons. The Morgan fingerprint density at radius 1 is 1.00 bits per heavy atom. The Balaban J connectivity index is 1.49. The maximum absolute atomic E-state index is 13.1. The first-order valence-corrected chi connectivity index (χ1v) is 8.19. The van der Waals surface area contributed by atoms with Crippen molar-refractivity contribution in [3.63, 3.8) is 0 Å². The molecule has 2 N–H and O–H groups in total. The molecule has 1 aromatic heterocycles. The fraction of sp³-hybridized carbons (Fsp3) is 0.158. The van der Waals surface area contributed by atoms with Gasteiger partial charge in [0.2, 0.25) is 0 Å². The number of ether oxygens (including phenoxy) is 2. The molecular formula is C19H15F2N3O3. The van der Waals surface area contributed by atoms with E-state index in [2.05, 4.69) is 24.8 Å². The van der Waals surface area contributed by atoms with E-state index >= 15 is 0 Å². The SMILES string of the molecule is OC(CNc1cc(-c2ccc3c(c2)OC(F)(F)O3)ncn1)c1ccccc1. The van der Waals surface area contributed by atoms with E-state index < -0.39 is 12.4 Å². The van der Waals surface area contributed by atoms with Crippen LogP contribution in [0.3, 0.4) is 0 Å². The number of halogens is 2. The van der Waals surface area contributed by atoms with Crippen LogP contribution in [-0.2, 0) is 0 Å². The first kappa shape index (κ1) is 17.2. The topological polar surface area (TPSA) is 76.5 Å². The number of hydrogen-bond donors (Lipinski definition) is 2. The van der Waals surface area contributed by atoms with Crippen molar-refractivity contribution in [1.82, 2.24) is 9.97 Å². The molecule has 8 heteroatoms. The Labute approximate surface area is 153 Å². The Hall–Kier alpha value is -3.26. The van der Waals surface area contributed by atoms with Gasteiger partial charge in [0.05, 0.1) is 11.8 Å². The van der Waals surface area contributed by atoms with Gasteiger partial charge in [0.25, 0.3) is 0 Å². The molecule has 0 saturated carbocycles. The predicted octanol–water partition coefficient (Wildman–Crippen LogP) is 3.61. The minimum atomic E-state index is -3.66. The lowest BCUT2D eigenvalue weighted by atomic mass is 10.1. The van der Waals surface area contributed by atoms with Crippen molar-refractivity contribution in [3.8, 4) is 22.8 Å². The molecule has 1 atom stereocenters. The van der Waals surface area contributed by atoms with Gasteiger partial charge in [-0.1, -0.05) is 30.3 Å².